The molecule has 0 aliphatic carbocycles. The SMILES string of the molecule is O=CC1=C(S)OCCC1=O. The summed E-state index contributed by atoms with van der Waals surface area (Å²) in [6.45, 7) is 0.328. The molecular weight excluding hydrogens is 152 g/mol. The molecule has 0 radical (unpaired) electrons. The van der Waals surface area contributed by atoms with Crippen LogP contribution < -0.4 is 0 Å². The molecule has 3 nitrogen and oxygen atoms in total. The number of hydrogen-bond acceptors (Lipinski definition) is 4. The third kappa shape index (κ3) is 1.21. The fraction of sp³-hybridized carbons (Fsp3) is 0.333. The van der Waals surface area contributed by atoms with Gasteiger partial charge in [0.1, 0.15) is 5.57 Å². The van der Waals surface area contributed by atoms with E-state index in [4.69, 9.17) is 4.74 Å². The van der Waals surface area contributed by atoms with Crippen LogP contribution in [0.3, 0.4) is 0 Å². The highest BCUT2D eigenvalue weighted by Gasteiger charge is 2.18. The highest BCUT2D eigenvalue weighted by Crippen LogP contribution is 2.16. The number of ketones is 1. The Labute approximate surface area is 63.5 Å². The number of aldehydes is 1. The lowest BCUT2D eigenvalue weighted by atomic mass is 10.1. The molecular formula is C6H6O3S. The Morgan fingerprint density at radius 3 is 2.70 bits per heavy atom. The zero-order valence-electron chi connectivity index (χ0n) is 5.16. The van der Waals surface area contributed by atoms with E-state index in [1.807, 2.05) is 0 Å². The van der Waals surface area contributed by atoms with Crippen molar-refractivity contribution in [1.29, 1.82) is 0 Å². The van der Waals surface area contributed by atoms with Gasteiger partial charge in [-0.3, -0.25) is 9.59 Å². The average Bonchev–Trinajstić information content (AvgIpc) is 1.88. The third-order valence-corrected chi connectivity index (χ3v) is 1.59. The average molecular weight is 158 g/mol. The van der Waals surface area contributed by atoms with Crippen LogP contribution in [-0.4, -0.2) is 18.7 Å². The Kier molecular flexibility index (Phi) is 2.11. The molecule has 0 amide bonds. The monoisotopic (exact) mass is 158 g/mol. The van der Waals surface area contributed by atoms with Gasteiger partial charge in [0.15, 0.2) is 17.2 Å². The first-order valence-corrected chi connectivity index (χ1v) is 3.25. The summed E-state index contributed by atoms with van der Waals surface area (Å²) in [5.41, 5.74) is 0.0505. The Bertz CT molecular complexity index is 207. The molecule has 0 fully saturated rings. The smallest absolute Gasteiger partial charge is 0.173 e. The largest absolute Gasteiger partial charge is 0.486 e. The van der Waals surface area contributed by atoms with Gasteiger partial charge in [0.05, 0.1) is 6.61 Å². The number of hydrogen-bond donors (Lipinski definition) is 1. The first-order chi connectivity index (χ1) is 4.75. The van der Waals surface area contributed by atoms with E-state index in [9.17, 15) is 9.59 Å². The van der Waals surface area contributed by atoms with Crippen molar-refractivity contribution < 1.29 is 14.3 Å². The third-order valence-electron chi connectivity index (χ3n) is 1.22. The van der Waals surface area contributed by atoms with E-state index in [0.717, 1.165) is 0 Å². The van der Waals surface area contributed by atoms with Crippen LogP contribution in [0.15, 0.2) is 10.7 Å². The summed E-state index contributed by atoms with van der Waals surface area (Å²) in [5.74, 6) is -0.189. The summed E-state index contributed by atoms with van der Waals surface area (Å²) in [6, 6.07) is 0. The number of Topliss-reactive ketones (excluding diaryl/α,β-unsaturated/α-hetero) is 1. The van der Waals surface area contributed by atoms with Crippen LogP contribution in [0.5, 0.6) is 0 Å². The Morgan fingerprint density at radius 1 is 1.60 bits per heavy atom. The number of rotatable bonds is 1. The molecule has 1 heterocycles. The van der Waals surface area contributed by atoms with Crippen LogP contribution in [0, 0.1) is 0 Å². The molecule has 0 bridgehead atoms. The lowest BCUT2D eigenvalue weighted by molar-refractivity contribution is -0.119. The highest BCUT2D eigenvalue weighted by atomic mass is 32.1. The molecule has 4 heteroatoms. The van der Waals surface area contributed by atoms with Gasteiger partial charge in [0.2, 0.25) is 0 Å². The molecule has 0 saturated heterocycles. The van der Waals surface area contributed by atoms with Crippen LogP contribution in [-0.2, 0) is 14.3 Å². The van der Waals surface area contributed by atoms with Crippen molar-refractivity contribution in [3.8, 4) is 0 Å². The summed E-state index contributed by atoms with van der Waals surface area (Å²) in [7, 11) is 0. The predicted molar refractivity (Wildman–Crippen MR) is 37.7 cm³/mol. The summed E-state index contributed by atoms with van der Waals surface area (Å²) in [4.78, 5) is 21.0. The molecule has 0 N–H and O–H groups in total. The van der Waals surface area contributed by atoms with Crippen LogP contribution in [0.2, 0.25) is 0 Å². The van der Waals surface area contributed by atoms with Gasteiger partial charge < -0.3 is 4.74 Å². The van der Waals surface area contributed by atoms with Gasteiger partial charge in [0.25, 0.3) is 0 Å². The zero-order chi connectivity index (χ0) is 7.56. The predicted octanol–water partition coefficient (Wildman–Crippen LogP) is 0.316. The first kappa shape index (κ1) is 7.34. The number of ether oxygens (including phenoxy) is 1. The van der Waals surface area contributed by atoms with Gasteiger partial charge in [-0.1, -0.05) is 0 Å². The quantitative estimate of drug-likeness (QED) is 0.339. The molecule has 0 atom stereocenters. The maximum atomic E-state index is 10.8. The number of carbonyl (C=O) groups is 2. The first-order valence-electron chi connectivity index (χ1n) is 2.80. The van der Waals surface area contributed by atoms with Gasteiger partial charge in [-0.25, -0.2) is 0 Å². The molecule has 0 unspecified atom stereocenters. The standard InChI is InChI=1S/C6H6O3S/c7-3-4-5(8)1-2-9-6(4)10/h3,10H,1-2H2. The maximum absolute atomic E-state index is 10.8. The van der Waals surface area contributed by atoms with Crippen molar-refractivity contribution in [2.75, 3.05) is 6.61 Å². The Morgan fingerprint density at radius 2 is 2.30 bits per heavy atom. The zero-order valence-corrected chi connectivity index (χ0v) is 6.06. The summed E-state index contributed by atoms with van der Waals surface area (Å²) >= 11 is 3.80. The molecule has 54 valence electrons. The van der Waals surface area contributed by atoms with E-state index in [1.54, 1.807) is 0 Å². The Hall–Kier alpha value is -0.770. The molecule has 1 rings (SSSR count). The van der Waals surface area contributed by atoms with E-state index in [2.05, 4.69) is 12.6 Å². The maximum Gasteiger partial charge on any atom is 0.173 e. The summed E-state index contributed by atoms with van der Waals surface area (Å²) in [5, 5.41) is 0.145. The van der Waals surface area contributed by atoms with Crippen molar-refractivity contribution in [2.24, 2.45) is 0 Å². The normalized spacial score (nSPS) is 18.7. The second-order valence-corrected chi connectivity index (χ2v) is 2.26. The van der Waals surface area contributed by atoms with E-state index in [0.29, 0.717) is 12.9 Å². The molecule has 0 spiro atoms. The van der Waals surface area contributed by atoms with E-state index < -0.39 is 0 Å². The molecule has 10 heavy (non-hydrogen) atoms. The fourth-order valence-electron chi connectivity index (χ4n) is 0.688. The molecule has 0 saturated carbocycles. The van der Waals surface area contributed by atoms with Gasteiger partial charge >= 0.3 is 0 Å². The minimum Gasteiger partial charge on any atom is -0.486 e. The van der Waals surface area contributed by atoms with Crippen molar-refractivity contribution in [3.63, 3.8) is 0 Å². The molecule has 0 aromatic rings. The minimum absolute atomic E-state index is 0.0505. The summed E-state index contributed by atoms with van der Waals surface area (Å²) in [6.07, 6.45) is 0.752. The molecule has 0 aromatic heterocycles. The summed E-state index contributed by atoms with van der Waals surface area (Å²) < 4.78 is 4.84. The van der Waals surface area contributed by atoms with E-state index >= 15 is 0 Å². The lowest BCUT2D eigenvalue weighted by Gasteiger charge is -2.12. The van der Waals surface area contributed by atoms with Gasteiger partial charge in [-0.15, -0.1) is 12.6 Å². The van der Waals surface area contributed by atoms with Crippen molar-refractivity contribution >= 4 is 24.7 Å². The van der Waals surface area contributed by atoms with Crippen LogP contribution in [0.4, 0.5) is 0 Å². The van der Waals surface area contributed by atoms with Gasteiger partial charge in [-0.2, -0.15) is 0 Å². The molecule has 0 aromatic carbocycles. The minimum atomic E-state index is -0.189. The second-order valence-electron chi connectivity index (χ2n) is 1.86. The molecule has 1 aliphatic heterocycles. The fourth-order valence-corrected chi connectivity index (χ4v) is 0.957. The Balaban J connectivity index is 2.94. The lowest BCUT2D eigenvalue weighted by Crippen LogP contribution is -2.15. The van der Waals surface area contributed by atoms with E-state index in [-0.39, 0.29) is 22.9 Å². The van der Waals surface area contributed by atoms with Crippen molar-refractivity contribution in [1.82, 2.24) is 0 Å². The number of allylic oxidation sites excluding steroid dienone is 1. The van der Waals surface area contributed by atoms with Crippen LogP contribution >= 0.6 is 12.6 Å². The highest BCUT2D eigenvalue weighted by molar-refractivity contribution is 7.84. The van der Waals surface area contributed by atoms with Crippen LogP contribution in [0.1, 0.15) is 6.42 Å². The van der Waals surface area contributed by atoms with Gasteiger partial charge in [0, 0.05) is 6.42 Å². The van der Waals surface area contributed by atoms with Crippen molar-refractivity contribution in [2.45, 2.75) is 6.42 Å². The van der Waals surface area contributed by atoms with Crippen LogP contribution in [0.25, 0.3) is 0 Å². The second kappa shape index (κ2) is 2.88. The number of thiol groups is 1. The van der Waals surface area contributed by atoms with Crippen molar-refractivity contribution in [3.05, 3.63) is 10.7 Å². The topological polar surface area (TPSA) is 43.4 Å². The number of carbonyl (C=O) groups excluding carboxylic acids is 2. The van der Waals surface area contributed by atoms with Gasteiger partial charge in [-0.05, 0) is 0 Å². The molecule has 1 aliphatic rings. The van der Waals surface area contributed by atoms with E-state index in [1.165, 1.54) is 0 Å².